The molecular formula is C14H16F3NO3. The minimum atomic E-state index is -4.66. The molecule has 0 aliphatic rings. The second kappa shape index (κ2) is 7.10. The summed E-state index contributed by atoms with van der Waals surface area (Å²) in [6.07, 6.45) is -5.90. The van der Waals surface area contributed by atoms with Crippen molar-refractivity contribution in [3.63, 3.8) is 0 Å². The molecule has 0 aromatic heterocycles. The van der Waals surface area contributed by atoms with E-state index in [2.05, 4.69) is 0 Å². The molecule has 2 N–H and O–H groups in total. The SMILES string of the molecule is CCC(C(=O)NC(CC(F)(F)F)C(=O)O)c1ccccc1. The predicted octanol–water partition coefficient (Wildman–Crippen LogP) is 2.70. The van der Waals surface area contributed by atoms with E-state index in [1.165, 1.54) is 0 Å². The van der Waals surface area contributed by atoms with Crippen LogP contribution >= 0.6 is 0 Å². The maximum atomic E-state index is 12.3. The average Bonchev–Trinajstić information content (AvgIpc) is 2.38. The number of carboxylic acid groups (broad SMARTS) is 1. The van der Waals surface area contributed by atoms with Crippen molar-refractivity contribution in [1.29, 1.82) is 0 Å². The Labute approximate surface area is 120 Å². The monoisotopic (exact) mass is 303 g/mol. The van der Waals surface area contributed by atoms with Crippen LogP contribution in [0, 0.1) is 0 Å². The van der Waals surface area contributed by atoms with Gasteiger partial charge < -0.3 is 10.4 Å². The summed E-state index contributed by atoms with van der Waals surface area (Å²) in [5.41, 5.74) is 0.633. The first kappa shape index (κ1) is 17.0. The van der Waals surface area contributed by atoms with Crippen molar-refractivity contribution >= 4 is 11.9 Å². The number of carbonyl (C=O) groups is 2. The van der Waals surface area contributed by atoms with Crippen LogP contribution in [0.4, 0.5) is 13.2 Å². The normalized spacial score (nSPS) is 14.3. The summed E-state index contributed by atoms with van der Waals surface area (Å²) in [6, 6.07) is 6.53. The molecule has 0 aliphatic heterocycles. The van der Waals surface area contributed by atoms with Crippen molar-refractivity contribution in [2.75, 3.05) is 0 Å². The highest BCUT2D eigenvalue weighted by atomic mass is 19.4. The van der Waals surface area contributed by atoms with Gasteiger partial charge in [-0.15, -0.1) is 0 Å². The first-order chi connectivity index (χ1) is 9.74. The van der Waals surface area contributed by atoms with Crippen LogP contribution in [0.3, 0.4) is 0 Å². The molecule has 0 radical (unpaired) electrons. The number of carboxylic acids is 1. The zero-order valence-corrected chi connectivity index (χ0v) is 11.4. The molecular weight excluding hydrogens is 287 g/mol. The Hall–Kier alpha value is -2.05. The van der Waals surface area contributed by atoms with Crippen molar-refractivity contribution in [3.05, 3.63) is 35.9 Å². The van der Waals surface area contributed by atoms with E-state index in [1.807, 2.05) is 5.32 Å². The number of nitrogens with one attached hydrogen (secondary N) is 1. The van der Waals surface area contributed by atoms with Gasteiger partial charge in [0.2, 0.25) is 5.91 Å². The lowest BCUT2D eigenvalue weighted by molar-refractivity contribution is -0.160. The number of benzene rings is 1. The number of halogens is 3. The topological polar surface area (TPSA) is 66.4 Å². The Morgan fingerprint density at radius 3 is 2.24 bits per heavy atom. The first-order valence-corrected chi connectivity index (χ1v) is 6.39. The third kappa shape index (κ3) is 5.45. The summed E-state index contributed by atoms with van der Waals surface area (Å²) >= 11 is 0. The summed E-state index contributed by atoms with van der Waals surface area (Å²) < 4.78 is 36.9. The van der Waals surface area contributed by atoms with E-state index in [0.717, 1.165) is 0 Å². The Kier molecular flexibility index (Phi) is 5.75. The van der Waals surface area contributed by atoms with Crippen molar-refractivity contribution < 1.29 is 27.9 Å². The molecule has 4 nitrogen and oxygen atoms in total. The van der Waals surface area contributed by atoms with Gasteiger partial charge in [0.1, 0.15) is 6.04 Å². The van der Waals surface area contributed by atoms with Gasteiger partial charge in [0.25, 0.3) is 0 Å². The van der Waals surface area contributed by atoms with Gasteiger partial charge in [0.15, 0.2) is 0 Å². The standard InChI is InChI=1S/C14H16F3NO3/c1-2-10(9-6-4-3-5-7-9)12(19)18-11(13(20)21)8-14(15,16)17/h3-7,10-11H,2,8H2,1H3,(H,18,19)(H,20,21). The van der Waals surface area contributed by atoms with Crippen LogP contribution in [0.5, 0.6) is 0 Å². The molecule has 0 spiro atoms. The van der Waals surface area contributed by atoms with Crippen molar-refractivity contribution in [2.24, 2.45) is 0 Å². The number of hydrogen-bond donors (Lipinski definition) is 2. The fourth-order valence-electron chi connectivity index (χ4n) is 1.96. The number of rotatable bonds is 6. The zero-order chi connectivity index (χ0) is 16.0. The van der Waals surface area contributed by atoms with E-state index in [1.54, 1.807) is 37.3 Å². The summed E-state index contributed by atoms with van der Waals surface area (Å²) in [7, 11) is 0. The van der Waals surface area contributed by atoms with E-state index in [9.17, 15) is 22.8 Å². The minimum absolute atomic E-state index is 0.355. The molecule has 7 heteroatoms. The van der Waals surface area contributed by atoms with Crippen LogP contribution < -0.4 is 5.32 Å². The van der Waals surface area contributed by atoms with E-state index in [4.69, 9.17) is 5.11 Å². The van der Waals surface area contributed by atoms with Crippen molar-refractivity contribution in [1.82, 2.24) is 5.32 Å². The number of aliphatic carboxylic acids is 1. The number of alkyl halides is 3. The van der Waals surface area contributed by atoms with Gasteiger partial charge in [0.05, 0.1) is 12.3 Å². The fraction of sp³-hybridized carbons (Fsp3) is 0.429. The van der Waals surface area contributed by atoms with Gasteiger partial charge in [0, 0.05) is 0 Å². The molecule has 116 valence electrons. The Morgan fingerprint density at radius 1 is 1.24 bits per heavy atom. The van der Waals surface area contributed by atoms with E-state index in [0.29, 0.717) is 12.0 Å². The highest BCUT2D eigenvalue weighted by Gasteiger charge is 2.37. The molecule has 2 unspecified atom stereocenters. The predicted molar refractivity (Wildman–Crippen MR) is 69.7 cm³/mol. The molecule has 2 atom stereocenters. The third-order valence-corrected chi connectivity index (χ3v) is 2.98. The van der Waals surface area contributed by atoms with Crippen LogP contribution in [0.25, 0.3) is 0 Å². The minimum Gasteiger partial charge on any atom is -0.480 e. The number of carbonyl (C=O) groups excluding carboxylic acids is 1. The second-order valence-corrected chi connectivity index (χ2v) is 4.59. The van der Waals surface area contributed by atoms with Crippen LogP contribution in [0.2, 0.25) is 0 Å². The Balaban J connectivity index is 2.83. The van der Waals surface area contributed by atoms with Gasteiger partial charge in [-0.2, -0.15) is 13.2 Å². The second-order valence-electron chi connectivity index (χ2n) is 4.59. The molecule has 0 heterocycles. The van der Waals surface area contributed by atoms with Gasteiger partial charge in [-0.25, -0.2) is 4.79 Å². The quantitative estimate of drug-likeness (QED) is 0.849. The molecule has 0 fully saturated rings. The fourth-order valence-corrected chi connectivity index (χ4v) is 1.96. The molecule has 1 aromatic rings. The number of amides is 1. The van der Waals surface area contributed by atoms with E-state index >= 15 is 0 Å². The lowest BCUT2D eigenvalue weighted by Crippen LogP contribution is -2.45. The zero-order valence-electron chi connectivity index (χ0n) is 11.4. The first-order valence-electron chi connectivity index (χ1n) is 6.39. The number of hydrogen-bond acceptors (Lipinski definition) is 2. The van der Waals surface area contributed by atoms with E-state index < -0.39 is 36.4 Å². The van der Waals surface area contributed by atoms with Crippen LogP contribution in [0.15, 0.2) is 30.3 Å². The molecule has 0 saturated heterocycles. The van der Waals surface area contributed by atoms with Gasteiger partial charge in [-0.3, -0.25) is 4.79 Å². The highest BCUT2D eigenvalue weighted by molar-refractivity contribution is 5.88. The summed E-state index contributed by atoms with van der Waals surface area (Å²) in [5.74, 6) is -3.11. The van der Waals surface area contributed by atoms with Crippen molar-refractivity contribution in [2.45, 2.75) is 37.9 Å². The average molecular weight is 303 g/mol. The molecule has 1 amide bonds. The highest BCUT2D eigenvalue weighted by Crippen LogP contribution is 2.23. The smallest absolute Gasteiger partial charge is 0.391 e. The van der Waals surface area contributed by atoms with Crippen molar-refractivity contribution in [3.8, 4) is 0 Å². The molecule has 1 rings (SSSR count). The van der Waals surface area contributed by atoms with E-state index in [-0.39, 0.29) is 0 Å². The molecule has 0 aliphatic carbocycles. The van der Waals surface area contributed by atoms with Gasteiger partial charge >= 0.3 is 12.1 Å². The maximum absolute atomic E-state index is 12.3. The molecule has 1 aromatic carbocycles. The Morgan fingerprint density at radius 2 is 1.81 bits per heavy atom. The summed E-state index contributed by atoms with van der Waals surface area (Å²) in [4.78, 5) is 22.9. The Bertz CT molecular complexity index is 488. The van der Waals surface area contributed by atoms with Gasteiger partial charge in [-0.1, -0.05) is 37.3 Å². The third-order valence-electron chi connectivity index (χ3n) is 2.98. The molecule has 0 saturated carbocycles. The molecule has 0 bridgehead atoms. The summed E-state index contributed by atoms with van der Waals surface area (Å²) in [6.45, 7) is 1.71. The van der Waals surface area contributed by atoms with Crippen LogP contribution in [0.1, 0.15) is 31.2 Å². The largest absolute Gasteiger partial charge is 0.480 e. The maximum Gasteiger partial charge on any atom is 0.391 e. The lowest BCUT2D eigenvalue weighted by atomic mass is 9.95. The van der Waals surface area contributed by atoms with Crippen LogP contribution in [-0.2, 0) is 9.59 Å². The molecule has 21 heavy (non-hydrogen) atoms. The lowest BCUT2D eigenvalue weighted by Gasteiger charge is -2.20. The van der Waals surface area contributed by atoms with Gasteiger partial charge in [-0.05, 0) is 12.0 Å². The summed E-state index contributed by atoms with van der Waals surface area (Å²) in [5, 5.41) is 10.8. The van der Waals surface area contributed by atoms with Crippen LogP contribution in [-0.4, -0.2) is 29.2 Å².